The van der Waals surface area contributed by atoms with E-state index in [1.165, 1.54) is 16.0 Å². The predicted molar refractivity (Wildman–Crippen MR) is 131 cm³/mol. The number of benzene rings is 2. The average molecular weight is 475 g/mol. The van der Waals surface area contributed by atoms with Crippen LogP contribution in [0.15, 0.2) is 60.7 Å². The third-order valence-electron chi connectivity index (χ3n) is 7.47. The Hall–Kier alpha value is -3.61. The third kappa shape index (κ3) is 4.20. The van der Waals surface area contributed by atoms with Gasteiger partial charge >= 0.3 is 12.1 Å². The van der Waals surface area contributed by atoms with E-state index in [0.29, 0.717) is 19.4 Å². The Morgan fingerprint density at radius 3 is 2.29 bits per heavy atom. The molecule has 0 bridgehead atoms. The van der Waals surface area contributed by atoms with Crippen molar-refractivity contribution in [2.45, 2.75) is 44.7 Å². The van der Waals surface area contributed by atoms with E-state index in [2.05, 4.69) is 29.6 Å². The first-order chi connectivity index (χ1) is 16.8. The van der Waals surface area contributed by atoms with E-state index in [1.54, 1.807) is 0 Å². The molecule has 182 valence electrons. The molecule has 7 nitrogen and oxygen atoms in total. The summed E-state index contributed by atoms with van der Waals surface area (Å²) in [7, 11) is 0. The van der Waals surface area contributed by atoms with Crippen LogP contribution in [0.2, 0.25) is 0 Å². The molecule has 5 rings (SSSR count). The van der Waals surface area contributed by atoms with Gasteiger partial charge in [-0.25, -0.2) is 9.59 Å². The number of hydrogen-bond acceptors (Lipinski definition) is 4. The summed E-state index contributed by atoms with van der Waals surface area (Å²) in [6, 6.07) is 15.2. The Balaban J connectivity index is 1.19. The Kier molecular flexibility index (Phi) is 5.87. The molecule has 0 saturated carbocycles. The number of nitrogens with zero attached hydrogens (tertiary/aromatic N) is 1. The highest BCUT2D eigenvalue weighted by molar-refractivity contribution is 5.88. The minimum absolute atomic E-state index is 0.0212. The van der Waals surface area contributed by atoms with Gasteiger partial charge in [-0.05, 0) is 35.1 Å². The van der Waals surface area contributed by atoms with Crippen molar-refractivity contribution < 1.29 is 24.2 Å². The van der Waals surface area contributed by atoms with Crippen molar-refractivity contribution in [3.63, 3.8) is 0 Å². The highest BCUT2D eigenvalue weighted by atomic mass is 16.5. The summed E-state index contributed by atoms with van der Waals surface area (Å²) in [5.74, 6) is -1.53. The normalized spacial score (nSPS) is 24.2. The fraction of sp³-hybridized carbons (Fsp3) is 0.393. The molecule has 1 heterocycles. The lowest BCUT2D eigenvalue weighted by atomic mass is 9.73. The zero-order valence-electron chi connectivity index (χ0n) is 19.9. The Morgan fingerprint density at radius 2 is 1.69 bits per heavy atom. The van der Waals surface area contributed by atoms with Gasteiger partial charge in [-0.15, -0.1) is 0 Å². The highest BCUT2D eigenvalue weighted by Gasteiger charge is 2.53. The average Bonchev–Trinajstić information content (AvgIpc) is 3.14. The van der Waals surface area contributed by atoms with Crippen LogP contribution in [0.1, 0.15) is 43.7 Å². The molecule has 3 aliphatic rings. The Morgan fingerprint density at radius 1 is 1.06 bits per heavy atom. The predicted octanol–water partition coefficient (Wildman–Crippen LogP) is 4.18. The SMILES string of the molecule is CC1(C)CN(C(=O)C2CC=CC(NC(=O)OCC3c4ccccc4-c4ccccc43)C2)C1C(=O)O. The molecule has 1 saturated heterocycles. The summed E-state index contributed by atoms with van der Waals surface area (Å²) in [5.41, 5.74) is 4.20. The number of allylic oxidation sites excluding steroid dienone is 1. The first kappa shape index (κ1) is 23.1. The lowest BCUT2D eigenvalue weighted by Gasteiger charge is -2.52. The molecule has 0 radical (unpaired) electrons. The van der Waals surface area contributed by atoms with Gasteiger partial charge in [-0.3, -0.25) is 4.79 Å². The van der Waals surface area contributed by atoms with E-state index in [-0.39, 0.29) is 30.4 Å². The van der Waals surface area contributed by atoms with Gasteiger partial charge in [0.15, 0.2) is 0 Å². The van der Waals surface area contributed by atoms with Gasteiger partial charge in [0.05, 0.1) is 6.04 Å². The Bertz CT molecular complexity index is 1160. The van der Waals surface area contributed by atoms with Crippen LogP contribution in [0, 0.1) is 11.3 Å². The van der Waals surface area contributed by atoms with Crippen LogP contribution >= 0.6 is 0 Å². The largest absolute Gasteiger partial charge is 0.480 e. The van der Waals surface area contributed by atoms with Crippen molar-refractivity contribution >= 4 is 18.0 Å². The van der Waals surface area contributed by atoms with Gasteiger partial charge < -0.3 is 20.1 Å². The zero-order valence-corrected chi connectivity index (χ0v) is 19.9. The number of carboxylic acids is 1. The summed E-state index contributed by atoms with van der Waals surface area (Å²) in [4.78, 5) is 38.8. The van der Waals surface area contributed by atoms with Crippen molar-refractivity contribution in [1.82, 2.24) is 10.2 Å². The fourth-order valence-corrected chi connectivity index (χ4v) is 5.82. The molecular weight excluding hydrogens is 444 g/mol. The van der Waals surface area contributed by atoms with Crippen LogP contribution in [0.4, 0.5) is 4.79 Å². The zero-order chi connectivity index (χ0) is 24.7. The van der Waals surface area contributed by atoms with E-state index in [1.807, 2.05) is 50.3 Å². The number of carbonyl (C=O) groups excluding carboxylic acids is 2. The molecule has 35 heavy (non-hydrogen) atoms. The van der Waals surface area contributed by atoms with Crippen molar-refractivity contribution in [1.29, 1.82) is 0 Å². The van der Waals surface area contributed by atoms with Crippen molar-refractivity contribution in [2.24, 2.45) is 11.3 Å². The number of carboxylic acid groups (broad SMARTS) is 1. The number of likely N-dealkylation sites (tertiary alicyclic amines) is 1. The molecule has 0 aromatic heterocycles. The molecule has 1 fully saturated rings. The maximum Gasteiger partial charge on any atom is 0.407 e. The lowest BCUT2D eigenvalue weighted by molar-refractivity contribution is -0.174. The summed E-state index contributed by atoms with van der Waals surface area (Å²) >= 11 is 0. The number of hydrogen-bond donors (Lipinski definition) is 2. The summed E-state index contributed by atoms with van der Waals surface area (Å²) in [5, 5.41) is 12.4. The molecule has 2 aromatic carbocycles. The van der Waals surface area contributed by atoms with E-state index >= 15 is 0 Å². The Labute approximate surface area is 204 Å². The second-order valence-electron chi connectivity index (χ2n) is 10.4. The summed E-state index contributed by atoms with van der Waals surface area (Å²) in [6.45, 7) is 4.37. The molecule has 2 aromatic rings. The number of ether oxygens (including phenoxy) is 1. The molecule has 7 heteroatoms. The van der Waals surface area contributed by atoms with E-state index in [4.69, 9.17) is 4.74 Å². The van der Waals surface area contributed by atoms with Gasteiger partial charge in [0.2, 0.25) is 5.91 Å². The van der Waals surface area contributed by atoms with Gasteiger partial charge in [-0.2, -0.15) is 0 Å². The molecular formula is C28H30N2O5. The van der Waals surface area contributed by atoms with Gasteiger partial charge in [0, 0.05) is 23.8 Å². The number of alkyl carbamates (subject to hydrolysis) is 1. The van der Waals surface area contributed by atoms with Gasteiger partial charge in [0.1, 0.15) is 12.6 Å². The standard InChI is InChI=1S/C28H30N2O5/c1-28(2)16-30(24(28)26(32)33)25(31)17-8-7-9-18(14-17)29-27(34)35-15-23-21-12-5-3-10-19(21)20-11-4-6-13-22(20)23/h3-7,9-13,17-18,23-24H,8,14-16H2,1-2H3,(H,29,34)(H,32,33). The molecule has 2 aliphatic carbocycles. The second-order valence-corrected chi connectivity index (χ2v) is 10.4. The van der Waals surface area contributed by atoms with Crippen molar-refractivity contribution in [2.75, 3.05) is 13.2 Å². The molecule has 0 spiro atoms. The highest BCUT2D eigenvalue weighted by Crippen LogP contribution is 2.44. The van der Waals surface area contributed by atoms with E-state index in [9.17, 15) is 19.5 Å². The van der Waals surface area contributed by atoms with Crippen LogP contribution < -0.4 is 5.32 Å². The maximum atomic E-state index is 13.0. The third-order valence-corrected chi connectivity index (χ3v) is 7.47. The first-order valence-electron chi connectivity index (χ1n) is 12.1. The first-order valence-corrected chi connectivity index (χ1v) is 12.1. The quantitative estimate of drug-likeness (QED) is 0.634. The van der Waals surface area contributed by atoms with Crippen LogP contribution in [0.25, 0.3) is 11.1 Å². The monoisotopic (exact) mass is 474 g/mol. The number of nitrogens with one attached hydrogen (secondary N) is 1. The lowest BCUT2D eigenvalue weighted by Crippen LogP contribution is -2.68. The molecule has 1 aliphatic heterocycles. The maximum absolute atomic E-state index is 13.0. The van der Waals surface area contributed by atoms with Crippen LogP contribution in [0.5, 0.6) is 0 Å². The smallest absolute Gasteiger partial charge is 0.407 e. The number of aliphatic carboxylic acids is 1. The van der Waals surface area contributed by atoms with Gasteiger partial charge in [-0.1, -0.05) is 74.5 Å². The van der Waals surface area contributed by atoms with E-state index < -0.39 is 23.5 Å². The fourth-order valence-electron chi connectivity index (χ4n) is 5.82. The van der Waals surface area contributed by atoms with Crippen LogP contribution in [0.3, 0.4) is 0 Å². The molecule has 3 atom stereocenters. The number of carbonyl (C=O) groups is 3. The minimum Gasteiger partial charge on any atom is -0.480 e. The topological polar surface area (TPSA) is 95.9 Å². The second kappa shape index (κ2) is 8.87. The molecule has 2 N–H and O–H groups in total. The van der Waals surface area contributed by atoms with E-state index in [0.717, 1.165) is 11.1 Å². The van der Waals surface area contributed by atoms with Crippen molar-refractivity contribution in [3.8, 4) is 11.1 Å². The number of amides is 2. The van der Waals surface area contributed by atoms with Crippen molar-refractivity contribution in [3.05, 3.63) is 71.8 Å². The minimum atomic E-state index is -0.978. The van der Waals surface area contributed by atoms with Crippen LogP contribution in [-0.2, 0) is 14.3 Å². The van der Waals surface area contributed by atoms with Crippen LogP contribution in [-0.4, -0.2) is 53.2 Å². The van der Waals surface area contributed by atoms with Gasteiger partial charge in [0.25, 0.3) is 0 Å². The summed E-state index contributed by atoms with van der Waals surface area (Å²) < 4.78 is 5.64. The summed E-state index contributed by atoms with van der Waals surface area (Å²) in [6.07, 6.45) is 4.18. The number of fused-ring (bicyclic) bond motifs is 3. The number of rotatable bonds is 5. The molecule has 2 amide bonds. The molecule has 3 unspecified atom stereocenters.